The monoisotopic (exact) mass is 2010 g/mol. The number of ketones is 2. The number of aromatic amines is 1. The van der Waals surface area contributed by atoms with Crippen LogP contribution in [0.5, 0.6) is 0 Å². The average Bonchev–Trinajstić information content (AvgIpc) is 0.806. The number of nitrogens with one attached hydrogen (secondary N) is 4. The molecule has 30 nitrogen and oxygen atoms in total. The van der Waals surface area contributed by atoms with E-state index in [0.29, 0.717) is 94.6 Å². The molecule has 8 aromatic rings. The van der Waals surface area contributed by atoms with Gasteiger partial charge in [-0.05, 0) is 256 Å². The predicted octanol–water partition coefficient (Wildman–Crippen LogP) is 16.4. The minimum Gasteiger partial charge on any atom is -1.00 e. The van der Waals surface area contributed by atoms with Gasteiger partial charge in [0.05, 0.1) is 72.0 Å². The molecule has 0 bridgehead atoms. The number of amides is 3. The summed E-state index contributed by atoms with van der Waals surface area (Å²) in [4.78, 5) is 105. The van der Waals surface area contributed by atoms with E-state index in [9.17, 15) is 34.2 Å². The van der Waals surface area contributed by atoms with Crippen molar-refractivity contribution in [3.8, 4) is 0 Å². The number of aromatic nitrogens is 8. The number of nitrogens with zero attached hydrogens (tertiary/aromatic N) is 11. The number of hydrogen-bond donors (Lipinski definition) is 11. The number of Topliss-reactive ketones (excluding diaryl/α,β-unsaturated/α-hetero) is 2. The number of carbonyl (C=O) groups is 5. The molecule has 4 aliphatic heterocycles. The topological polar surface area (TPSA) is 439 Å². The number of aryl methyl sites for hydroxylation is 4. The maximum atomic E-state index is 12.5. The smallest absolute Gasteiger partial charge is 1.00 e. The number of aliphatic hydroxyl groups excluding tert-OH is 2. The number of anilines is 8. The van der Waals surface area contributed by atoms with E-state index >= 15 is 0 Å². The van der Waals surface area contributed by atoms with Gasteiger partial charge in [0.15, 0.2) is 11.6 Å². The minimum absolute atomic E-state index is 0. The van der Waals surface area contributed by atoms with Crippen molar-refractivity contribution in [1.82, 2.24) is 55.8 Å². The Labute approximate surface area is 832 Å². The first-order valence-electron chi connectivity index (χ1n) is 41.7. The molecule has 4 saturated heterocycles. The number of ether oxygens (including phenoxy) is 3. The molecule has 3 amide bonds. The fraction of sp³-hybridized carbons (Fsp3) is 0.500. The molecular formula is C90H126BBrCl4LiN20O10S4. The van der Waals surface area contributed by atoms with Crippen molar-refractivity contribution in [2.75, 3.05) is 94.9 Å². The molecule has 4 aliphatic rings. The van der Waals surface area contributed by atoms with E-state index in [4.69, 9.17) is 111 Å². The van der Waals surface area contributed by atoms with Crippen LogP contribution < -0.4 is 83.1 Å². The Morgan fingerprint density at radius 2 is 0.779 bits per heavy atom. The first kappa shape index (κ1) is 114. The number of piperidine rings is 4. The molecule has 0 aliphatic carbocycles. The number of hydrogen-bond acceptors (Lipinski definition) is 30. The van der Waals surface area contributed by atoms with Gasteiger partial charge in [-0.3, -0.25) is 9.59 Å². The van der Waals surface area contributed by atoms with Crippen LogP contribution in [0, 0.1) is 32.2 Å². The van der Waals surface area contributed by atoms with Crippen molar-refractivity contribution in [2.45, 2.75) is 272 Å². The van der Waals surface area contributed by atoms with Crippen molar-refractivity contribution in [3.05, 3.63) is 148 Å². The molecule has 3 radical (unpaired) electrons. The average molecular weight is 2020 g/mol. The molecule has 16 N–H and O–H groups in total. The molecule has 131 heavy (non-hydrogen) atoms. The third-order valence-corrected chi connectivity index (χ3v) is 27.8. The molecule has 0 spiro atoms. The molecular weight excluding hydrogens is 1890 g/mol. The van der Waals surface area contributed by atoms with E-state index in [1.165, 1.54) is 49.1 Å². The quantitative estimate of drug-likeness (QED) is 0.0133. The van der Waals surface area contributed by atoms with Gasteiger partial charge < -0.3 is 95.1 Å². The summed E-state index contributed by atoms with van der Waals surface area (Å²) in [6.07, 6.45) is 11.6. The standard InChI is InChI=1S/C24H32ClN5O3S.C23H32ClN5O3S.C19H28BrN3O3.C18H24ClN5OS.C5H5ClN2S.CH4.B.Li.H/c1-14-13-16(30-11-8-24(6,9-12-30)29-22(32)33-23(3,4)5)19(15(2)31)28-21(14)34-17-7-10-27-20(26)18(17)25;1-14-12-16(15(13-30)27-20(14)33-17-6-9-26-19(25)18(17)24)29-10-7-23(5,8-11-29)28-21(31)32-22(2,3)4;1-12-11-14(15(13(2)24)21-16(12)20)23-9-7-19(6,8-10-23)22-17(25)26-18(3,4)5;1-11-9-13(24-7-4-18(2,21)5-8-24)12(10-25)23-17(11)26-14-3-6-22-16(20)15(14)19;6-4-3(9)1-2-8-5(4)7;;;;/h7,10,13H,8-9,11-12H2,1-6H3,(H2,26,27)(H,29,32);6,9,12,30H,7-8,10-11,13H2,1-5H3,(H2,25,26)(H,28,31);11H,7-10H2,1-6H3,(H,22,25);3,6,9,25H,4-5,7-8,10,21H2,1-2H3,(H2,20,22);1-2H,(H3,7,8,9);1H4;;;/q;;;;;;;+1;-1. The van der Waals surface area contributed by atoms with Crippen LogP contribution in [0.1, 0.15) is 219 Å². The van der Waals surface area contributed by atoms with Gasteiger partial charge >= 0.3 is 37.1 Å². The summed E-state index contributed by atoms with van der Waals surface area (Å²) in [6, 6.07) is 15.2. The summed E-state index contributed by atoms with van der Waals surface area (Å²) in [5.74, 6) is 1.08. The Kier molecular flexibility index (Phi) is 42.2. The normalized spacial score (nSPS) is 15.4. The van der Waals surface area contributed by atoms with Crippen molar-refractivity contribution in [2.24, 2.45) is 5.73 Å². The Morgan fingerprint density at radius 3 is 1.07 bits per heavy atom. The van der Waals surface area contributed by atoms with Gasteiger partial charge in [0.25, 0.3) is 0 Å². The van der Waals surface area contributed by atoms with Crippen molar-refractivity contribution in [3.63, 3.8) is 0 Å². The van der Waals surface area contributed by atoms with Crippen LogP contribution in [0.4, 0.5) is 60.4 Å². The van der Waals surface area contributed by atoms with Gasteiger partial charge in [-0.1, -0.05) is 101 Å². The van der Waals surface area contributed by atoms with E-state index in [1.54, 1.807) is 43.0 Å². The third-order valence-electron chi connectivity index (χ3n) is 21.2. The number of nitrogen functional groups attached to an aromatic ring is 4. The van der Waals surface area contributed by atoms with E-state index in [-0.39, 0.29) is 101 Å². The van der Waals surface area contributed by atoms with Crippen molar-refractivity contribution < 1.29 is 68.7 Å². The summed E-state index contributed by atoms with van der Waals surface area (Å²) in [5.41, 5.74) is 35.8. The SMILES string of the molecule is C.CC(=O)c1nc(Br)c(C)cc1N1CCC(C)(NC(=O)OC(C)(C)C)CC1.CC(=O)c1nc(Sc2ccnc(N)c2Cl)c(C)cc1N1CCC(C)(NC(=O)OC(C)(C)C)CC1.Cc1cc(N2CCC(C)(N)CC2)c(CO)nc1Sc1ccnc(N)c1Cl.Cc1cc(N2CCC(C)(NC(=O)OC(C)(C)C)CC2)c(CO)nc1Sc1ccnc(N)c1Cl.Nc1[nH]ccc(=S)c1Cl.[B].[H-].[Li+]. The van der Waals surface area contributed by atoms with Crippen molar-refractivity contribution >= 4 is 194 Å². The number of carbonyl (C=O) groups excluding carboxylic acids is 5. The summed E-state index contributed by atoms with van der Waals surface area (Å²) < 4.78 is 17.5. The number of halogens is 5. The molecule has 12 heterocycles. The van der Waals surface area contributed by atoms with Crippen LogP contribution >= 0.6 is 110 Å². The molecule has 8 aromatic heterocycles. The molecule has 0 atom stereocenters. The summed E-state index contributed by atoms with van der Waals surface area (Å²) >= 11 is 36.8. The second-order valence-electron chi connectivity index (χ2n) is 36.1. The fourth-order valence-electron chi connectivity index (χ4n) is 13.8. The number of H-pyrrole nitrogens is 1. The summed E-state index contributed by atoms with van der Waals surface area (Å²) in [5, 5.41) is 32.8. The fourth-order valence-corrected chi connectivity index (χ4v) is 17.8. The molecule has 0 unspecified atom stereocenters. The zero-order valence-electron chi connectivity index (χ0n) is 78.7. The van der Waals surface area contributed by atoms with E-state index < -0.39 is 29.0 Å². The van der Waals surface area contributed by atoms with Gasteiger partial charge in [0, 0.05) is 136 Å². The predicted molar refractivity (Wildman–Crippen MR) is 535 cm³/mol. The molecule has 0 saturated carbocycles. The van der Waals surface area contributed by atoms with Crippen LogP contribution in [0.2, 0.25) is 20.1 Å². The van der Waals surface area contributed by atoms with Crippen LogP contribution in [0.15, 0.2) is 108 Å². The van der Waals surface area contributed by atoms with Crippen molar-refractivity contribution in [1.29, 1.82) is 0 Å². The molecule has 41 heteroatoms. The molecule has 0 aromatic carbocycles. The van der Waals surface area contributed by atoms with Gasteiger partial charge in [0.2, 0.25) is 0 Å². The zero-order chi connectivity index (χ0) is 95.1. The minimum atomic E-state index is -0.549. The largest absolute Gasteiger partial charge is 1.00 e. The Morgan fingerprint density at radius 1 is 0.496 bits per heavy atom. The zero-order valence-corrected chi connectivity index (χ0v) is 85.6. The van der Waals surface area contributed by atoms with E-state index in [0.717, 1.165) is 148 Å². The summed E-state index contributed by atoms with van der Waals surface area (Å²) in [6.45, 7) is 41.4. The van der Waals surface area contributed by atoms with Crippen LogP contribution in [-0.2, 0) is 27.4 Å². The first-order chi connectivity index (χ1) is 59.6. The Hall–Kier alpha value is -7.80. The number of pyridine rings is 8. The van der Waals surface area contributed by atoms with E-state index in [2.05, 4.69) is 94.4 Å². The Balaban J connectivity index is 0.000000354. The number of rotatable bonds is 17. The Bertz CT molecular complexity index is 5380. The molecule has 12 rings (SSSR count). The maximum absolute atomic E-state index is 12.5. The third kappa shape index (κ3) is 33.3. The van der Waals surface area contributed by atoms with Gasteiger partial charge in [0.1, 0.15) is 71.1 Å². The maximum Gasteiger partial charge on any atom is 1.00 e. The van der Waals surface area contributed by atoms with E-state index in [1.807, 2.05) is 135 Å². The van der Waals surface area contributed by atoms with Crippen LogP contribution in [0.3, 0.4) is 0 Å². The number of aliphatic hydroxyl groups is 2. The van der Waals surface area contributed by atoms with Gasteiger partial charge in [-0.15, -0.1) is 0 Å². The van der Waals surface area contributed by atoms with Crippen LogP contribution in [0.25, 0.3) is 0 Å². The number of alkyl carbamates (subject to hydrolysis) is 3. The van der Waals surface area contributed by atoms with Crippen LogP contribution in [-0.4, -0.2) is 180 Å². The second kappa shape index (κ2) is 48.6. The summed E-state index contributed by atoms with van der Waals surface area (Å²) in [7, 11) is 0. The second-order valence-corrected chi connectivity index (χ2v) is 41.9. The molecule has 709 valence electrons. The number of nitrogens with two attached hydrogens (primary N) is 5. The first-order valence-corrected chi connectivity index (χ1v) is 46.9. The van der Waals surface area contributed by atoms with Gasteiger partial charge in [-0.2, -0.15) is 0 Å². The van der Waals surface area contributed by atoms with Gasteiger partial charge in [-0.25, -0.2) is 49.3 Å². The molecule has 4 fully saturated rings.